The highest BCUT2D eigenvalue weighted by molar-refractivity contribution is 5.17. The van der Waals surface area contributed by atoms with E-state index in [0.717, 1.165) is 18.0 Å². The normalized spacial score (nSPS) is 17.7. The van der Waals surface area contributed by atoms with Gasteiger partial charge in [-0.2, -0.15) is 10.4 Å². The Morgan fingerprint density at radius 1 is 1.79 bits per heavy atom. The maximum Gasteiger partial charge on any atom is 0.124 e. The highest BCUT2D eigenvalue weighted by Crippen LogP contribution is 2.28. The minimum atomic E-state index is -0.204. The molecule has 2 rings (SSSR count). The molecule has 74 valence electrons. The molecule has 1 aliphatic carbocycles. The van der Waals surface area contributed by atoms with E-state index in [1.54, 1.807) is 10.9 Å². The second kappa shape index (κ2) is 3.81. The molecule has 0 spiro atoms. The molecule has 4 heteroatoms. The summed E-state index contributed by atoms with van der Waals surface area (Å²) in [6.45, 7) is 0.952. The molecule has 1 fully saturated rings. The standard InChI is InChI=1S/C10H14N4/c1-14-7-9(6-13-14)10(4-11)12-5-8-2-3-8/h6-8,10,12H,2-3,5H2,1H3. The van der Waals surface area contributed by atoms with Crippen molar-refractivity contribution in [1.29, 1.82) is 5.26 Å². The third-order valence-corrected chi connectivity index (χ3v) is 2.49. The molecule has 0 amide bonds. The van der Waals surface area contributed by atoms with Crippen LogP contribution in [-0.2, 0) is 7.05 Å². The molecule has 1 aliphatic rings. The number of nitriles is 1. The van der Waals surface area contributed by atoms with Crippen LogP contribution in [-0.4, -0.2) is 16.3 Å². The minimum Gasteiger partial charge on any atom is -0.298 e. The Bertz CT molecular complexity index is 345. The Labute approximate surface area is 83.5 Å². The number of rotatable bonds is 4. The molecule has 1 atom stereocenters. The Kier molecular flexibility index (Phi) is 2.51. The Morgan fingerprint density at radius 2 is 2.57 bits per heavy atom. The van der Waals surface area contributed by atoms with Crippen molar-refractivity contribution in [1.82, 2.24) is 15.1 Å². The lowest BCUT2D eigenvalue weighted by atomic mass is 10.2. The van der Waals surface area contributed by atoms with E-state index in [0.29, 0.717) is 0 Å². The predicted molar refractivity (Wildman–Crippen MR) is 52.3 cm³/mol. The molecule has 0 saturated heterocycles. The van der Waals surface area contributed by atoms with Crippen LogP contribution in [0.25, 0.3) is 0 Å². The first-order chi connectivity index (χ1) is 6.79. The van der Waals surface area contributed by atoms with E-state index in [1.165, 1.54) is 12.8 Å². The van der Waals surface area contributed by atoms with E-state index < -0.39 is 0 Å². The van der Waals surface area contributed by atoms with E-state index in [-0.39, 0.29) is 6.04 Å². The number of hydrogen-bond acceptors (Lipinski definition) is 3. The van der Waals surface area contributed by atoms with Crippen molar-refractivity contribution < 1.29 is 0 Å². The Morgan fingerprint density at radius 3 is 3.07 bits per heavy atom. The number of aromatic nitrogens is 2. The highest BCUT2D eigenvalue weighted by Gasteiger charge is 2.22. The smallest absolute Gasteiger partial charge is 0.124 e. The predicted octanol–water partition coefficient (Wildman–Crippen LogP) is 0.984. The molecule has 0 aliphatic heterocycles. The average Bonchev–Trinajstić information content (AvgIpc) is 2.90. The number of nitrogens with zero attached hydrogens (tertiary/aromatic N) is 3. The molecule has 1 saturated carbocycles. The van der Waals surface area contributed by atoms with Gasteiger partial charge in [0.05, 0.1) is 12.3 Å². The van der Waals surface area contributed by atoms with Gasteiger partial charge in [0, 0.05) is 18.8 Å². The molecule has 1 N–H and O–H groups in total. The van der Waals surface area contributed by atoms with E-state index >= 15 is 0 Å². The van der Waals surface area contributed by atoms with Crippen molar-refractivity contribution in [2.24, 2.45) is 13.0 Å². The fraction of sp³-hybridized carbons (Fsp3) is 0.600. The molecule has 0 radical (unpaired) electrons. The second-order valence-corrected chi connectivity index (χ2v) is 3.86. The summed E-state index contributed by atoms with van der Waals surface area (Å²) < 4.78 is 1.72. The molecule has 0 bridgehead atoms. The molecular weight excluding hydrogens is 176 g/mol. The van der Waals surface area contributed by atoms with E-state index in [2.05, 4.69) is 16.5 Å². The maximum atomic E-state index is 8.97. The van der Waals surface area contributed by atoms with E-state index in [4.69, 9.17) is 5.26 Å². The van der Waals surface area contributed by atoms with Crippen LogP contribution in [0.2, 0.25) is 0 Å². The first-order valence-electron chi connectivity index (χ1n) is 4.91. The largest absolute Gasteiger partial charge is 0.298 e. The highest BCUT2D eigenvalue weighted by atomic mass is 15.2. The van der Waals surface area contributed by atoms with Crippen molar-refractivity contribution >= 4 is 0 Å². The number of hydrogen-bond donors (Lipinski definition) is 1. The monoisotopic (exact) mass is 190 g/mol. The van der Waals surface area contributed by atoms with E-state index in [1.807, 2.05) is 13.2 Å². The summed E-state index contributed by atoms with van der Waals surface area (Å²) in [4.78, 5) is 0. The zero-order valence-corrected chi connectivity index (χ0v) is 8.27. The molecule has 1 heterocycles. The van der Waals surface area contributed by atoms with Crippen LogP contribution >= 0.6 is 0 Å². The summed E-state index contributed by atoms with van der Waals surface area (Å²) in [7, 11) is 1.86. The molecule has 14 heavy (non-hydrogen) atoms. The lowest BCUT2D eigenvalue weighted by Crippen LogP contribution is -2.21. The van der Waals surface area contributed by atoms with Gasteiger partial charge in [0.25, 0.3) is 0 Å². The van der Waals surface area contributed by atoms with Crippen molar-refractivity contribution in [2.45, 2.75) is 18.9 Å². The van der Waals surface area contributed by atoms with Gasteiger partial charge in [-0.15, -0.1) is 0 Å². The average molecular weight is 190 g/mol. The Hall–Kier alpha value is -1.34. The van der Waals surface area contributed by atoms with E-state index in [9.17, 15) is 0 Å². The van der Waals surface area contributed by atoms with Crippen LogP contribution in [0.3, 0.4) is 0 Å². The van der Waals surface area contributed by atoms with Gasteiger partial charge in [0.15, 0.2) is 0 Å². The maximum absolute atomic E-state index is 8.97. The molecule has 1 aromatic heterocycles. The summed E-state index contributed by atoms with van der Waals surface area (Å²) in [5, 5.41) is 16.3. The van der Waals surface area contributed by atoms with Crippen LogP contribution in [0.1, 0.15) is 24.4 Å². The second-order valence-electron chi connectivity index (χ2n) is 3.86. The van der Waals surface area contributed by atoms with Crippen LogP contribution in [0, 0.1) is 17.2 Å². The minimum absolute atomic E-state index is 0.204. The van der Waals surface area contributed by atoms with Gasteiger partial charge in [0.2, 0.25) is 0 Å². The summed E-state index contributed by atoms with van der Waals surface area (Å²) in [6.07, 6.45) is 6.23. The number of nitrogens with one attached hydrogen (secondary N) is 1. The van der Waals surface area contributed by atoms with Crippen molar-refractivity contribution in [3.63, 3.8) is 0 Å². The molecule has 1 aromatic rings. The lowest BCUT2D eigenvalue weighted by Gasteiger charge is -2.07. The third-order valence-electron chi connectivity index (χ3n) is 2.49. The van der Waals surface area contributed by atoms with Gasteiger partial charge in [-0.05, 0) is 25.3 Å². The molecular formula is C10H14N4. The third kappa shape index (κ3) is 2.12. The topological polar surface area (TPSA) is 53.6 Å². The summed E-state index contributed by atoms with van der Waals surface area (Å²) >= 11 is 0. The Balaban J connectivity index is 1.94. The van der Waals surface area contributed by atoms with Gasteiger partial charge in [-0.1, -0.05) is 0 Å². The molecule has 4 nitrogen and oxygen atoms in total. The van der Waals surface area contributed by atoms with Gasteiger partial charge in [0.1, 0.15) is 6.04 Å². The van der Waals surface area contributed by atoms with Gasteiger partial charge in [-0.25, -0.2) is 0 Å². The summed E-state index contributed by atoms with van der Waals surface area (Å²) in [5.74, 6) is 0.794. The van der Waals surface area contributed by atoms with Crippen molar-refractivity contribution in [3.05, 3.63) is 18.0 Å². The van der Waals surface area contributed by atoms with Crippen LogP contribution < -0.4 is 5.32 Å². The first-order valence-corrected chi connectivity index (χ1v) is 4.91. The van der Waals surface area contributed by atoms with Crippen LogP contribution in [0.5, 0.6) is 0 Å². The lowest BCUT2D eigenvalue weighted by molar-refractivity contribution is 0.592. The quantitative estimate of drug-likeness (QED) is 0.770. The first kappa shape index (κ1) is 9.22. The zero-order valence-electron chi connectivity index (χ0n) is 8.27. The number of aryl methyl sites for hydroxylation is 1. The fourth-order valence-electron chi connectivity index (χ4n) is 1.43. The SMILES string of the molecule is Cn1cc(C(C#N)NCC2CC2)cn1. The summed E-state index contributed by atoms with van der Waals surface area (Å²) in [5.41, 5.74) is 0.954. The fourth-order valence-corrected chi connectivity index (χ4v) is 1.43. The summed E-state index contributed by atoms with van der Waals surface area (Å²) in [6, 6.07) is 2.05. The van der Waals surface area contributed by atoms with Crippen molar-refractivity contribution in [3.8, 4) is 6.07 Å². The van der Waals surface area contributed by atoms with Crippen LogP contribution in [0.15, 0.2) is 12.4 Å². The van der Waals surface area contributed by atoms with Crippen molar-refractivity contribution in [2.75, 3.05) is 6.54 Å². The molecule has 0 aromatic carbocycles. The van der Waals surface area contributed by atoms with Gasteiger partial charge >= 0.3 is 0 Å². The molecule has 1 unspecified atom stereocenters. The zero-order chi connectivity index (χ0) is 9.97. The van der Waals surface area contributed by atoms with Crippen LogP contribution in [0.4, 0.5) is 0 Å². The van der Waals surface area contributed by atoms with Gasteiger partial charge in [-0.3, -0.25) is 10.00 Å². The van der Waals surface area contributed by atoms with Gasteiger partial charge < -0.3 is 0 Å².